The lowest BCUT2D eigenvalue weighted by molar-refractivity contribution is -0.135. The van der Waals surface area contributed by atoms with Gasteiger partial charge in [0.25, 0.3) is 0 Å². The summed E-state index contributed by atoms with van der Waals surface area (Å²) in [6.07, 6.45) is 6.13. The summed E-state index contributed by atoms with van der Waals surface area (Å²) in [6.45, 7) is 2.79. The molecule has 4 nitrogen and oxygen atoms in total. The average Bonchev–Trinajstić information content (AvgIpc) is 3.35. The molecule has 0 unspecified atom stereocenters. The maximum absolute atomic E-state index is 14.5. The molecule has 1 amide bonds. The van der Waals surface area contributed by atoms with Crippen molar-refractivity contribution in [1.29, 1.82) is 0 Å². The molecule has 0 radical (unpaired) electrons. The maximum Gasteiger partial charge on any atom is 0.242 e. The highest BCUT2D eigenvalue weighted by molar-refractivity contribution is 5.97. The summed E-state index contributed by atoms with van der Waals surface area (Å²) in [5, 5.41) is 3.44. The van der Waals surface area contributed by atoms with E-state index in [0.717, 1.165) is 27.4 Å². The van der Waals surface area contributed by atoms with Gasteiger partial charge >= 0.3 is 0 Å². The Morgan fingerprint density at radius 3 is 2.27 bits per heavy atom. The summed E-state index contributed by atoms with van der Waals surface area (Å²) in [7, 11) is 0. The number of hydrogen-bond acceptors (Lipinski definition) is 2. The molecule has 7 rings (SSSR count). The van der Waals surface area contributed by atoms with Gasteiger partial charge in [0.1, 0.15) is 12.4 Å². The van der Waals surface area contributed by atoms with Crippen LogP contribution in [0.25, 0.3) is 44.1 Å². The Kier molecular flexibility index (Phi) is 7.05. The van der Waals surface area contributed by atoms with Gasteiger partial charge in [-0.3, -0.25) is 4.79 Å². The van der Waals surface area contributed by atoms with Gasteiger partial charge < -0.3 is 14.2 Å². The summed E-state index contributed by atoms with van der Waals surface area (Å²) >= 11 is 0. The minimum Gasteiger partial charge on any atom is -0.378 e. The van der Waals surface area contributed by atoms with Gasteiger partial charge in [-0.05, 0) is 70.5 Å². The van der Waals surface area contributed by atoms with E-state index in [2.05, 4.69) is 59.2 Å². The third-order valence-electron chi connectivity index (χ3n) is 8.98. The highest BCUT2D eigenvalue weighted by Crippen LogP contribution is 2.44. The van der Waals surface area contributed by atoms with Crippen molar-refractivity contribution >= 4 is 27.6 Å². The van der Waals surface area contributed by atoms with E-state index in [1.54, 1.807) is 6.07 Å². The van der Waals surface area contributed by atoms with Gasteiger partial charge in [0.15, 0.2) is 0 Å². The van der Waals surface area contributed by atoms with Crippen LogP contribution >= 0.6 is 0 Å². The largest absolute Gasteiger partial charge is 0.378 e. The lowest BCUT2D eigenvalue weighted by atomic mass is 9.81. The number of morpholine rings is 1. The van der Waals surface area contributed by atoms with E-state index in [1.165, 1.54) is 54.8 Å². The number of ether oxygens (including phenoxy) is 1. The number of halogens is 1. The second-order valence-corrected chi connectivity index (χ2v) is 11.5. The highest BCUT2D eigenvalue weighted by Gasteiger charge is 2.28. The molecule has 2 aliphatic rings. The first-order valence-corrected chi connectivity index (χ1v) is 14.9. The standard InChI is InChI=1S/C36H35FN2O2/c37-32-12-6-4-10-30(32)28-16-14-27-23-29(17-15-26(27)22-28)36-35(25-8-2-1-3-9-25)31-11-5-7-13-33(31)39(36)24-34(40)38-18-20-41-21-19-38/h4-7,10-17,22-23,25H,1-3,8-9,18-21,24H2. The Labute approximate surface area is 240 Å². The molecule has 2 heterocycles. The minimum atomic E-state index is -0.213. The van der Waals surface area contributed by atoms with Crippen molar-refractivity contribution in [3.63, 3.8) is 0 Å². The fourth-order valence-electron chi connectivity index (χ4n) is 6.91. The zero-order chi connectivity index (χ0) is 27.8. The van der Waals surface area contributed by atoms with Crippen molar-refractivity contribution in [2.75, 3.05) is 26.3 Å². The first-order chi connectivity index (χ1) is 20.2. The highest BCUT2D eigenvalue weighted by atomic mass is 19.1. The number of para-hydroxylation sites is 1. The minimum absolute atomic E-state index is 0.140. The second kappa shape index (κ2) is 11.1. The SMILES string of the molecule is O=C(Cn1c(-c2ccc3cc(-c4ccccc4F)ccc3c2)c(C2CCCCC2)c2ccccc21)N1CCOCC1. The first-order valence-electron chi connectivity index (χ1n) is 14.9. The molecule has 1 saturated carbocycles. The normalized spacial score (nSPS) is 16.5. The first kappa shape index (κ1) is 26.0. The van der Waals surface area contributed by atoms with E-state index < -0.39 is 0 Å². The van der Waals surface area contributed by atoms with E-state index in [-0.39, 0.29) is 11.7 Å². The van der Waals surface area contributed by atoms with Crippen LogP contribution in [0.1, 0.15) is 43.6 Å². The molecule has 4 aromatic carbocycles. The zero-order valence-corrected chi connectivity index (χ0v) is 23.3. The quantitative estimate of drug-likeness (QED) is 0.223. The van der Waals surface area contributed by atoms with E-state index in [9.17, 15) is 9.18 Å². The topological polar surface area (TPSA) is 34.5 Å². The molecule has 1 aliphatic carbocycles. The number of rotatable bonds is 5. The van der Waals surface area contributed by atoms with Gasteiger partial charge in [-0.1, -0.05) is 79.9 Å². The van der Waals surface area contributed by atoms with Crippen LogP contribution in [0.3, 0.4) is 0 Å². The molecule has 0 bridgehead atoms. The summed E-state index contributed by atoms with van der Waals surface area (Å²) in [5.41, 5.74) is 6.29. The molecule has 2 fully saturated rings. The number of aromatic nitrogens is 1. The number of hydrogen-bond donors (Lipinski definition) is 0. The van der Waals surface area contributed by atoms with Crippen LogP contribution in [-0.4, -0.2) is 41.7 Å². The number of nitrogens with zero attached hydrogens (tertiary/aromatic N) is 2. The summed E-state index contributed by atoms with van der Waals surface area (Å²) < 4.78 is 22.3. The summed E-state index contributed by atoms with van der Waals surface area (Å²) in [4.78, 5) is 15.5. The van der Waals surface area contributed by atoms with Crippen molar-refractivity contribution in [1.82, 2.24) is 9.47 Å². The fourth-order valence-corrected chi connectivity index (χ4v) is 6.91. The third kappa shape index (κ3) is 4.93. The lowest BCUT2D eigenvalue weighted by Gasteiger charge is -2.28. The number of fused-ring (bicyclic) bond motifs is 2. The van der Waals surface area contributed by atoms with Crippen LogP contribution in [0, 0.1) is 5.82 Å². The Bertz CT molecular complexity index is 1730. The van der Waals surface area contributed by atoms with Crippen LogP contribution in [0.15, 0.2) is 84.9 Å². The van der Waals surface area contributed by atoms with Crippen molar-refractivity contribution in [2.45, 2.75) is 44.6 Å². The van der Waals surface area contributed by atoms with Crippen LogP contribution in [0.2, 0.25) is 0 Å². The molecule has 5 heteroatoms. The van der Waals surface area contributed by atoms with Gasteiger partial charge in [-0.15, -0.1) is 0 Å². The fraction of sp³-hybridized carbons (Fsp3) is 0.306. The third-order valence-corrected chi connectivity index (χ3v) is 8.98. The van der Waals surface area contributed by atoms with Crippen LogP contribution in [-0.2, 0) is 16.1 Å². The molecular weight excluding hydrogens is 511 g/mol. The predicted molar refractivity (Wildman–Crippen MR) is 163 cm³/mol. The molecule has 0 spiro atoms. The van der Waals surface area contributed by atoms with Gasteiger partial charge in [0.05, 0.1) is 18.9 Å². The van der Waals surface area contributed by atoms with Gasteiger partial charge in [-0.25, -0.2) is 4.39 Å². The monoisotopic (exact) mass is 546 g/mol. The molecule has 5 aromatic rings. The average molecular weight is 547 g/mol. The van der Waals surface area contributed by atoms with Crippen molar-refractivity contribution in [3.05, 3.63) is 96.3 Å². The Morgan fingerprint density at radius 2 is 1.49 bits per heavy atom. The van der Waals surface area contributed by atoms with Crippen molar-refractivity contribution < 1.29 is 13.9 Å². The van der Waals surface area contributed by atoms with E-state index in [1.807, 2.05) is 23.1 Å². The second-order valence-electron chi connectivity index (χ2n) is 11.5. The van der Waals surface area contributed by atoms with Crippen molar-refractivity contribution in [2.24, 2.45) is 0 Å². The zero-order valence-electron chi connectivity index (χ0n) is 23.3. The number of amides is 1. The summed E-state index contributed by atoms with van der Waals surface area (Å²) in [5.74, 6) is 0.401. The summed E-state index contributed by atoms with van der Waals surface area (Å²) in [6, 6.07) is 28.3. The Morgan fingerprint density at radius 1 is 0.805 bits per heavy atom. The van der Waals surface area contributed by atoms with Gasteiger partial charge in [0, 0.05) is 29.6 Å². The number of carbonyl (C=O) groups is 1. The number of benzene rings is 4. The molecule has 1 saturated heterocycles. The lowest BCUT2D eigenvalue weighted by Crippen LogP contribution is -2.42. The Hall–Kier alpha value is -3.96. The van der Waals surface area contributed by atoms with Gasteiger partial charge in [-0.2, -0.15) is 0 Å². The molecule has 41 heavy (non-hydrogen) atoms. The molecule has 0 atom stereocenters. The molecular formula is C36H35FN2O2. The van der Waals surface area contributed by atoms with E-state index in [4.69, 9.17) is 4.74 Å². The van der Waals surface area contributed by atoms with Crippen LogP contribution in [0.4, 0.5) is 4.39 Å². The molecule has 1 aromatic heterocycles. The number of carbonyl (C=O) groups excluding carboxylic acids is 1. The molecule has 0 N–H and O–H groups in total. The van der Waals surface area contributed by atoms with E-state index >= 15 is 0 Å². The predicted octanol–water partition coefficient (Wildman–Crippen LogP) is 8.17. The van der Waals surface area contributed by atoms with Crippen LogP contribution in [0.5, 0.6) is 0 Å². The van der Waals surface area contributed by atoms with E-state index in [0.29, 0.717) is 44.3 Å². The van der Waals surface area contributed by atoms with Crippen molar-refractivity contribution in [3.8, 4) is 22.4 Å². The van der Waals surface area contributed by atoms with Crippen LogP contribution < -0.4 is 0 Å². The Balaban J connectivity index is 1.37. The van der Waals surface area contributed by atoms with Gasteiger partial charge in [0.2, 0.25) is 5.91 Å². The maximum atomic E-state index is 14.5. The molecule has 1 aliphatic heterocycles. The smallest absolute Gasteiger partial charge is 0.242 e. The molecule has 208 valence electrons.